The third-order valence-electron chi connectivity index (χ3n) is 3.35. The summed E-state index contributed by atoms with van der Waals surface area (Å²) in [4.78, 5) is 8.69. The van der Waals surface area contributed by atoms with Gasteiger partial charge in [-0.05, 0) is 38.6 Å². The highest BCUT2D eigenvalue weighted by molar-refractivity contribution is 5.36. The van der Waals surface area contributed by atoms with Crippen LogP contribution in [0.2, 0.25) is 0 Å². The van der Waals surface area contributed by atoms with Gasteiger partial charge in [0.25, 0.3) is 0 Å². The Morgan fingerprint density at radius 2 is 2.24 bits per heavy atom. The Labute approximate surface area is 103 Å². The van der Waals surface area contributed by atoms with Gasteiger partial charge in [-0.25, -0.2) is 9.97 Å². The van der Waals surface area contributed by atoms with Crippen molar-refractivity contribution in [2.75, 3.05) is 25.0 Å². The molecule has 94 valence electrons. The van der Waals surface area contributed by atoms with Gasteiger partial charge in [-0.3, -0.25) is 0 Å². The number of nitrogens with one attached hydrogen (secondary N) is 2. The first-order valence-corrected chi connectivity index (χ1v) is 6.34. The molecule has 1 atom stereocenters. The predicted molar refractivity (Wildman–Crippen MR) is 70.2 cm³/mol. The largest absolute Gasteiger partial charge is 0.369 e. The van der Waals surface area contributed by atoms with E-state index in [9.17, 15) is 0 Å². The van der Waals surface area contributed by atoms with Crippen LogP contribution in [0.4, 0.5) is 5.82 Å². The first-order chi connectivity index (χ1) is 8.07. The molecule has 4 heteroatoms. The van der Waals surface area contributed by atoms with E-state index in [-0.39, 0.29) is 0 Å². The number of aromatic nitrogens is 2. The Morgan fingerprint density at radius 3 is 2.88 bits per heavy atom. The van der Waals surface area contributed by atoms with Crippen molar-refractivity contribution in [1.29, 1.82) is 0 Å². The van der Waals surface area contributed by atoms with Gasteiger partial charge in [0.15, 0.2) is 0 Å². The number of anilines is 1. The van der Waals surface area contributed by atoms with E-state index < -0.39 is 0 Å². The molecule has 2 rings (SSSR count). The van der Waals surface area contributed by atoms with Gasteiger partial charge in [0.2, 0.25) is 0 Å². The molecule has 2 N–H and O–H groups in total. The summed E-state index contributed by atoms with van der Waals surface area (Å²) < 4.78 is 0. The average Bonchev–Trinajstić information content (AvgIpc) is 2.26. The summed E-state index contributed by atoms with van der Waals surface area (Å²) in [6.45, 7) is 9.47. The van der Waals surface area contributed by atoms with Gasteiger partial charge < -0.3 is 10.6 Å². The van der Waals surface area contributed by atoms with E-state index >= 15 is 0 Å². The molecular weight excluding hydrogens is 212 g/mol. The zero-order chi connectivity index (χ0) is 12.3. The highest BCUT2D eigenvalue weighted by Gasteiger charge is 2.26. The second-order valence-corrected chi connectivity index (χ2v) is 5.39. The molecule has 1 aliphatic rings. The van der Waals surface area contributed by atoms with Crippen molar-refractivity contribution in [3.63, 3.8) is 0 Å². The number of piperidine rings is 1. The minimum Gasteiger partial charge on any atom is -0.369 e. The lowest BCUT2D eigenvalue weighted by atomic mass is 9.83. The summed E-state index contributed by atoms with van der Waals surface area (Å²) in [5, 5.41) is 6.91. The van der Waals surface area contributed by atoms with E-state index in [0.29, 0.717) is 5.41 Å². The highest BCUT2D eigenvalue weighted by atomic mass is 15.0. The standard InChI is InChI=1S/C13H22N4/c1-10-7-12(17-11(2)16-10)15-9-13(3)5-4-6-14-8-13/h7,14H,4-6,8-9H2,1-3H3,(H,15,16,17). The number of hydrogen-bond acceptors (Lipinski definition) is 4. The molecule has 0 aliphatic carbocycles. The number of hydrogen-bond donors (Lipinski definition) is 2. The summed E-state index contributed by atoms with van der Waals surface area (Å²) in [7, 11) is 0. The lowest BCUT2D eigenvalue weighted by molar-refractivity contribution is 0.253. The molecule has 1 unspecified atom stereocenters. The lowest BCUT2D eigenvalue weighted by Crippen LogP contribution is -2.42. The Balaban J connectivity index is 1.96. The van der Waals surface area contributed by atoms with Crippen LogP contribution in [-0.2, 0) is 0 Å². The Kier molecular flexibility index (Phi) is 3.62. The Bertz CT molecular complexity index is 363. The fraction of sp³-hybridized carbons (Fsp3) is 0.692. The normalized spacial score (nSPS) is 24.6. The van der Waals surface area contributed by atoms with Gasteiger partial charge in [0.1, 0.15) is 11.6 Å². The van der Waals surface area contributed by atoms with Gasteiger partial charge in [0, 0.05) is 24.8 Å². The zero-order valence-electron chi connectivity index (χ0n) is 11.0. The van der Waals surface area contributed by atoms with Crippen molar-refractivity contribution in [2.45, 2.75) is 33.6 Å². The van der Waals surface area contributed by atoms with Crippen molar-refractivity contribution >= 4 is 5.82 Å². The molecule has 0 amide bonds. The van der Waals surface area contributed by atoms with Crippen LogP contribution in [0.1, 0.15) is 31.3 Å². The van der Waals surface area contributed by atoms with Crippen molar-refractivity contribution in [3.05, 3.63) is 17.6 Å². The number of nitrogens with zero attached hydrogens (tertiary/aromatic N) is 2. The van der Waals surface area contributed by atoms with Crippen molar-refractivity contribution < 1.29 is 0 Å². The molecule has 0 bridgehead atoms. The van der Waals surface area contributed by atoms with Gasteiger partial charge >= 0.3 is 0 Å². The van der Waals surface area contributed by atoms with Gasteiger partial charge in [-0.1, -0.05) is 6.92 Å². The van der Waals surface area contributed by atoms with Crippen LogP contribution in [0.15, 0.2) is 6.07 Å². The molecular formula is C13H22N4. The molecule has 1 aromatic rings. The maximum absolute atomic E-state index is 4.41. The van der Waals surface area contributed by atoms with Crippen LogP contribution in [-0.4, -0.2) is 29.6 Å². The first kappa shape index (κ1) is 12.3. The quantitative estimate of drug-likeness (QED) is 0.838. The highest BCUT2D eigenvalue weighted by Crippen LogP contribution is 2.25. The minimum atomic E-state index is 0.338. The molecule has 0 spiro atoms. The Morgan fingerprint density at radius 1 is 1.41 bits per heavy atom. The third kappa shape index (κ3) is 3.40. The van der Waals surface area contributed by atoms with Crippen LogP contribution < -0.4 is 10.6 Å². The fourth-order valence-electron chi connectivity index (χ4n) is 2.38. The number of rotatable bonds is 3. The van der Waals surface area contributed by atoms with Gasteiger partial charge in [0.05, 0.1) is 0 Å². The molecule has 0 aromatic carbocycles. The van der Waals surface area contributed by atoms with Crippen molar-refractivity contribution in [1.82, 2.24) is 15.3 Å². The second kappa shape index (κ2) is 5.00. The molecule has 1 saturated heterocycles. The summed E-state index contributed by atoms with van der Waals surface area (Å²) >= 11 is 0. The number of aryl methyl sites for hydroxylation is 2. The van der Waals surface area contributed by atoms with Crippen LogP contribution >= 0.6 is 0 Å². The molecule has 0 saturated carbocycles. The van der Waals surface area contributed by atoms with Crippen molar-refractivity contribution in [2.24, 2.45) is 5.41 Å². The molecule has 0 radical (unpaired) electrons. The van der Waals surface area contributed by atoms with E-state index in [1.165, 1.54) is 12.8 Å². The summed E-state index contributed by atoms with van der Waals surface area (Å²) in [6, 6.07) is 2.01. The smallest absolute Gasteiger partial charge is 0.129 e. The zero-order valence-corrected chi connectivity index (χ0v) is 11.0. The molecule has 1 aromatic heterocycles. The summed E-state index contributed by atoms with van der Waals surface area (Å²) in [6.07, 6.45) is 2.54. The van der Waals surface area contributed by atoms with E-state index in [1.54, 1.807) is 0 Å². The lowest BCUT2D eigenvalue weighted by Gasteiger charge is -2.34. The maximum atomic E-state index is 4.41. The van der Waals surface area contributed by atoms with E-state index in [4.69, 9.17) is 0 Å². The minimum absolute atomic E-state index is 0.338. The van der Waals surface area contributed by atoms with Gasteiger partial charge in [-0.15, -0.1) is 0 Å². The Hall–Kier alpha value is -1.16. The SMILES string of the molecule is Cc1cc(NCC2(C)CCCNC2)nc(C)n1. The van der Waals surface area contributed by atoms with Gasteiger partial charge in [-0.2, -0.15) is 0 Å². The third-order valence-corrected chi connectivity index (χ3v) is 3.35. The second-order valence-electron chi connectivity index (χ2n) is 5.39. The monoisotopic (exact) mass is 234 g/mol. The van der Waals surface area contributed by atoms with E-state index in [1.807, 2.05) is 19.9 Å². The van der Waals surface area contributed by atoms with E-state index in [0.717, 1.165) is 37.0 Å². The van der Waals surface area contributed by atoms with Crippen LogP contribution in [0, 0.1) is 19.3 Å². The summed E-state index contributed by atoms with van der Waals surface area (Å²) in [5.74, 6) is 1.78. The summed E-state index contributed by atoms with van der Waals surface area (Å²) in [5.41, 5.74) is 1.36. The maximum Gasteiger partial charge on any atom is 0.129 e. The fourth-order valence-corrected chi connectivity index (χ4v) is 2.38. The predicted octanol–water partition coefficient (Wildman–Crippen LogP) is 1.90. The topological polar surface area (TPSA) is 49.8 Å². The van der Waals surface area contributed by atoms with Crippen LogP contribution in [0.5, 0.6) is 0 Å². The average molecular weight is 234 g/mol. The van der Waals surface area contributed by atoms with Crippen LogP contribution in [0.25, 0.3) is 0 Å². The van der Waals surface area contributed by atoms with Crippen molar-refractivity contribution in [3.8, 4) is 0 Å². The molecule has 4 nitrogen and oxygen atoms in total. The molecule has 17 heavy (non-hydrogen) atoms. The first-order valence-electron chi connectivity index (χ1n) is 6.34. The molecule has 2 heterocycles. The molecule has 1 fully saturated rings. The molecule has 1 aliphatic heterocycles. The van der Waals surface area contributed by atoms with E-state index in [2.05, 4.69) is 27.5 Å². The van der Waals surface area contributed by atoms with Crippen LogP contribution in [0.3, 0.4) is 0 Å².